The topological polar surface area (TPSA) is 64.2 Å². The average molecular weight is 484 g/mol. The largest absolute Gasteiger partial charge is 0.318 e. The molecule has 8 heteroatoms. The van der Waals surface area contributed by atoms with Crippen molar-refractivity contribution < 1.29 is 9.18 Å². The number of para-hydroxylation sites is 1. The van der Waals surface area contributed by atoms with Gasteiger partial charge < -0.3 is 4.57 Å². The number of carbonyl (C=O) groups excluding carboxylic acids is 1. The molecule has 0 saturated heterocycles. The van der Waals surface area contributed by atoms with E-state index in [2.05, 4.69) is 10.5 Å². The molecule has 0 atom stereocenters. The zero-order valence-electron chi connectivity index (χ0n) is 19.1. The molecule has 0 unspecified atom stereocenters. The maximum Gasteiger partial charge on any atom is 0.273 e. The molecule has 5 rings (SSSR count). The third-order valence-electron chi connectivity index (χ3n) is 5.65. The van der Waals surface area contributed by atoms with Crippen molar-refractivity contribution in [1.29, 1.82) is 0 Å². The Morgan fingerprint density at radius 2 is 1.80 bits per heavy atom. The van der Waals surface area contributed by atoms with Crippen LogP contribution in [-0.4, -0.2) is 26.5 Å². The van der Waals surface area contributed by atoms with Crippen molar-refractivity contribution in [3.05, 3.63) is 113 Å². The number of aromatic nitrogens is 3. The van der Waals surface area contributed by atoms with Gasteiger partial charge in [-0.3, -0.25) is 4.79 Å². The lowest BCUT2D eigenvalue weighted by molar-refractivity contribution is 0.0954. The second kappa shape index (κ2) is 9.52. The number of aryl methyl sites for hydroxylation is 1. The first-order valence-corrected chi connectivity index (χ1v) is 11.9. The molecular formula is C27H22FN5OS. The molecule has 35 heavy (non-hydrogen) atoms. The standard InChI is InChI=1S/C27H22FN5OS/c1-18-15-24(19(2)33(18)23-12-10-21(28)11-13-23)27(34)30-29-16-20-17-32(22-7-4-3-5-8-22)31-26(20)25-9-6-14-35-25/h3-17H,1-2H3,(H,30,34). The molecule has 0 spiro atoms. The minimum absolute atomic E-state index is 0.305. The Labute approximate surface area is 206 Å². The van der Waals surface area contributed by atoms with E-state index in [9.17, 15) is 9.18 Å². The molecule has 0 radical (unpaired) electrons. The number of halogens is 1. The number of nitrogens with one attached hydrogen (secondary N) is 1. The van der Waals surface area contributed by atoms with Crippen LogP contribution in [0.15, 0.2) is 89.5 Å². The summed E-state index contributed by atoms with van der Waals surface area (Å²) in [6, 6.07) is 21.8. The summed E-state index contributed by atoms with van der Waals surface area (Å²) in [7, 11) is 0. The first kappa shape index (κ1) is 22.5. The fourth-order valence-electron chi connectivity index (χ4n) is 4.00. The van der Waals surface area contributed by atoms with E-state index in [1.165, 1.54) is 12.1 Å². The van der Waals surface area contributed by atoms with E-state index < -0.39 is 0 Å². The van der Waals surface area contributed by atoms with Crippen LogP contribution in [-0.2, 0) is 0 Å². The van der Waals surface area contributed by atoms with Gasteiger partial charge in [-0.1, -0.05) is 24.3 Å². The lowest BCUT2D eigenvalue weighted by Crippen LogP contribution is -2.18. The number of hydrazone groups is 1. The predicted molar refractivity (Wildman–Crippen MR) is 137 cm³/mol. The van der Waals surface area contributed by atoms with E-state index in [1.807, 2.05) is 72.5 Å². The summed E-state index contributed by atoms with van der Waals surface area (Å²) < 4.78 is 17.1. The van der Waals surface area contributed by atoms with Crippen LogP contribution in [0.2, 0.25) is 0 Å². The highest BCUT2D eigenvalue weighted by Crippen LogP contribution is 2.27. The summed E-state index contributed by atoms with van der Waals surface area (Å²) in [5, 5.41) is 11.0. The van der Waals surface area contributed by atoms with Crippen LogP contribution in [0.25, 0.3) is 21.9 Å². The van der Waals surface area contributed by atoms with Crippen LogP contribution in [0.5, 0.6) is 0 Å². The van der Waals surface area contributed by atoms with Crippen molar-refractivity contribution in [1.82, 2.24) is 19.8 Å². The van der Waals surface area contributed by atoms with Crippen LogP contribution in [0.3, 0.4) is 0 Å². The van der Waals surface area contributed by atoms with Gasteiger partial charge in [0, 0.05) is 28.8 Å². The molecule has 0 saturated carbocycles. The highest BCUT2D eigenvalue weighted by molar-refractivity contribution is 7.13. The number of nitrogens with zero attached hydrogens (tertiary/aromatic N) is 4. The van der Waals surface area contributed by atoms with E-state index in [1.54, 1.807) is 40.4 Å². The molecule has 0 bridgehead atoms. The summed E-state index contributed by atoms with van der Waals surface area (Å²) >= 11 is 1.59. The highest BCUT2D eigenvalue weighted by Gasteiger charge is 2.17. The third-order valence-corrected chi connectivity index (χ3v) is 6.52. The van der Waals surface area contributed by atoms with Gasteiger partial charge in [-0.25, -0.2) is 14.5 Å². The van der Waals surface area contributed by atoms with Crippen molar-refractivity contribution in [2.75, 3.05) is 0 Å². The zero-order chi connectivity index (χ0) is 24.4. The summed E-state index contributed by atoms with van der Waals surface area (Å²) in [5.74, 6) is -0.628. The minimum atomic E-state index is -0.323. The molecule has 3 heterocycles. The highest BCUT2D eigenvalue weighted by atomic mass is 32.1. The van der Waals surface area contributed by atoms with Crippen LogP contribution in [0, 0.1) is 19.7 Å². The number of carbonyl (C=O) groups is 1. The Morgan fingerprint density at radius 3 is 2.51 bits per heavy atom. The minimum Gasteiger partial charge on any atom is -0.318 e. The van der Waals surface area contributed by atoms with Gasteiger partial charge in [0.05, 0.1) is 22.3 Å². The fourth-order valence-corrected chi connectivity index (χ4v) is 4.73. The number of rotatable bonds is 6. The van der Waals surface area contributed by atoms with Crippen molar-refractivity contribution in [3.8, 4) is 21.9 Å². The van der Waals surface area contributed by atoms with Gasteiger partial charge in [-0.05, 0) is 67.8 Å². The molecule has 0 aliphatic heterocycles. The van der Waals surface area contributed by atoms with Gasteiger partial charge >= 0.3 is 0 Å². The summed E-state index contributed by atoms with van der Waals surface area (Å²) in [6.07, 6.45) is 3.50. The van der Waals surface area contributed by atoms with Crippen LogP contribution in [0.1, 0.15) is 27.3 Å². The van der Waals surface area contributed by atoms with E-state index in [-0.39, 0.29) is 11.7 Å². The lowest BCUT2D eigenvalue weighted by Gasteiger charge is -2.09. The molecular weight excluding hydrogens is 461 g/mol. The molecule has 5 aromatic rings. The number of thiophene rings is 1. The van der Waals surface area contributed by atoms with Gasteiger partial charge in [0.15, 0.2) is 0 Å². The van der Waals surface area contributed by atoms with Crippen molar-refractivity contribution in [2.45, 2.75) is 13.8 Å². The molecule has 3 aromatic heterocycles. The van der Waals surface area contributed by atoms with E-state index in [0.29, 0.717) is 5.56 Å². The summed E-state index contributed by atoms with van der Waals surface area (Å²) in [6.45, 7) is 3.76. The quantitative estimate of drug-likeness (QED) is 0.241. The predicted octanol–water partition coefficient (Wildman–Crippen LogP) is 5.91. The Balaban J connectivity index is 1.40. The Hall–Kier alpha value is -4.30. The van der Waals surface area contributed by atoms with E-state index in [0.717, 1.165) is 38.9 Å². The smallest absolute Gasteiger partial charge is 0.273 e. The maximum atomic E-state index is 13.3. The van der Waals surface area contributed by atoms with Crippen LogP contribution < -0.4 is 5.43 Å². The lowest BCUT2D eigenvalue weighted by atomic mass is 10.2. The van der Waals surface area contributed by atoms with Gasteiger partial charge in [0.25, 0.3) is 5.91 Å². The van der Waals surface area contributed by atoms with Crippen LogP contribution in [0.4, 0.5) is 4.39 Å². The summed E-state index contributed by atoms with van der Waals surface area (Å²) in [5.41, 5.74) is 8.05. The van der Waals surface area contributed by atoms with E-state index >= 15 is 0 Å². The fraction of sp³-hybridized carbons (Fsp3) is 0.0741. The van der Waals surface area contributed by atoms with E-state index in [4.69, 9.17) is 5.10 Å². The molecule has 6 nitrogen and oxygen atoms in total. The SMILES string of the molecule is Cc1cc(C(=O)NN=Cc2cn(-c3ccccc3)nc2-c2cccs2)c(C)n1-c1ccc(F)cc1. The number of hydrogen-bond donors (Lipinski definition) is 1. The zero-order valence-corrected chi connectivity index (χ0v) is 20.0. The Kier molecular flexibility index (Phi) is 6.12. The third kappa shape index (κ3) is 4.56. The number of benzene rings is 2. The average Bonchev–Trinajstić information content (AvgIpc) is 3.60. The van der Waals surface area contributed by atoms with Crippen molar-refractivity contribution in [2.24, 2.45) is 5.10 Å². The molecule has 0 fully saturated rings. The summed E-state index contributed by atoms with van der Waals surface area (Å²) in [4.78, 5) is 13.9. The Morgan fingerprint density at radius 1 is 1.03 bits per heavy atom. The first-order valence-electron chi connectivity index (χ1n) is 11.0. The maximum absolute atomic E-state index is 13.3. The second-order valence-corrected chi connectivity index (χ2v) is 8.93. The molecule has 174 valence electrons. The van der Waals surface area contributed by atoms with Gasteiger partial charge in [0.1, 0.15) is 11.5 Å². The Bertz CT molecular complexity index is 1500. The normalized spacial score (nSPS) is 11.3. The molecule has 0 aliphatic carbocycles. The number of hydrogen-bond acceptors (Lipinski definition) is 4. The van der Waals surface area contributed by atoms with Crippen molar-refractivity contribution in [3.63, 3.8) is 0 Å². The molecule has 1 amide bonds. The molecule has 2 aromatic carbocycles. The van der Waals surface area contributed by atoms with Gasteiger partial charge in [-0.15, -0.1) is 11.3 Å². The second-order valence-electron chi connectivity index (χ2n) is 7.99. The van der Waals surface area contributed by atoms with Gasteiger partial charge in [-0.2, -0.15) is 10.2 Å². The molecule has 1 N–H and O–H groups in total. The van der Waals surface area contributed by atoms with Crippen LogP contribution >= 0.6 is 11.3 Å². The van der Waals surface area contributed by atoms with Gasteiger partial charge in [0.2, 0.25) is 0 Å². The number of amides is 1. The first-order chi connectivity index (χ1) is 17.0. The monoisotopic (exact) mass is 483 g/mol. The van der Waals surface area contributed by atoms with Crippen molar-refractivity contribution >= 4 is 23.5 Å². The molecule has 0 aliphatic rings.